The number of hydrogen-bond donors (Lipinski definition) is 2. The van der Waals surface area contributed by atoms with E-state index in [1.54, 1.807) is 13.8 Å². The van der Waals surface area contributed by atoms with Crippen LogP contribution in [-0.4, -0.2) is 23.5 Å². The predicted octanol–water partition coefficient (Wildman–Crippen LogP) is 0.239. The molecule has 0 saturated heterocycles. The first-order chi connectivity index (χ1) is 4.34. The predicted molar refractivity (Wildman–Crippen MR) is 37.0 cm³/mol. The maximum atomic E-state index is 10.2. The Kier molecular flexibility index (Phi) is 3.27. The van der Waals surface area contributed by atoms with Crippen molar-refractivity contribution in [2.24, 2.45) is 5.92 Å². The van der Waals surface area contributed by atoms with E-state index in [4.69, 9.17) is 9.66 Å². The molecular formula is C5H12O4S. The Morgan fingerprint density at radius 3 is 1.90 bits per heavy atom. The number of hydrogen-bond acceptors (Lipinski definition) is 3. The smallest absolute Gasteiger partial charge is 0.291 e. The van der Waals surface area contributed by atoms with E-state index in [0.29, 0.717) is 0 Å². The Hall–Kier alpha value is -0.130. The zero-order valence-corrected chi connectivity index (χ0v) is 6.80. The van der Waals surface area contributed by atoms with Crippen LogP contribution in [0.1, 0.15) is 20.3 Å². The summed E-state index contributed by atoms with van der Waals surface area (Å²) in [6.45, 7) is 3.52. The van der Waals surface area contributed by atoms with E-state index in [9.17, 15) is 8.42 Å². The van der Waals surface area contributed by atoms with Crippen molar-refractivity contribution in [3.63, 3.8) is 0 Å². The largest absolute Gasteiger partial charge is 0.375 e. The highest BCUT2D eigenvalue weighted by Gasteiger charge is 2.19. The minimum Gasteiger partial charge on any atom is -0.375 e. The third kappa shape index (κ3) is 3.81. The van der Waals surface area contributed by atoms with Gasteiger partial charge in [-0.15, -0.1) is 0 Å². The molecule has 0 aliphatic heterocycles. The standard InChI is InChI=1S/C5H12O4S/c1-4(2)3-5(6)10(7,8)9/h4-6H,3H2,1-2H3,(H,7,8,9). The number of aliphatic hydroxyl groups is 1. The van der Waals surface area contributed by atoms with Crippen LogP contribution in [0.25, 0.3) is 0 Å². The van der Waals surface area contributed by atoms with Crippen molar-refractivity contribution < 1.29 is 18.1 Å². The first kappa shape index (κ1) is 9.87. The van der Waals surface area contributed by atoms with E-state index in [0.717, 1.165) is 0 Å². The van der Waals surface area contributed by atoms with Gasteiger partial charge in [-0.05, 0) is 12.3 Å². The summed E-state index contributed by atoms with van der Waals surface area (Å²) in [6, 6.07) is 0. The minimum atomic E-state index is -4.24. The third-order valence-electron chi connectivity index (χ3n) is 1.02. The highest BCUT2D eigenvalue weighted by atomic mass is 32.2. The molecule has 0 saturated carbocycles. The summed E-state index contributed by atoms with van der Waals surface area (Å²) in [7, 11) is -4.24. The van der Waals surface area contributed by atoms with Crippen molar-refractivity contribution in [2.75, 3.05) is 0 Å². The molecule has 62 valence electrons. The van der Waals surface area contributed by atoms with Crippen LogP contribution in [0.2, 0.25) is 0 Å². The number of rotatable bonds is 3. The van der Waals surface area contributed by atoms with E-state index in [2.05, 4.69) is 0 Å². The molecule has 2 N–H and O–H groups in total. The molecule has 10 heavy (non-hydrogen) atoms. The Labute approximate surface area is 60.6 Å². The molecule has 0 amide bonds. The fourth-order valence-electron chi connectivity index (χ4n) is 0.525. The molecule has 0 aliphatic carbocycles. The monoisotopic (exact) mass is 168 g/mol. The average molecular weight is 168 g/mol. The lowest BCUT2D eigenvalue weighted by molar-refractivity contribution is 0.207. The minimum absolute atomic E-state index is 0.0527. The summed E-state index contributed by atoms with van der Waals surface area (Å²) in [6.07, 6.45) is 0.0683. The molecule has 0 aromatic rings. The van der Waals surface area contributed by atoms with Gasteiger partial charge in [-0.25, -0.2) is 0 Å². The molecule has 0 heterocycles. The van der Waals surface area contributed by atoms with Gasteiger partial charge in [0.15, 0.2) is 5.44 Å². The fourth-order valence-corrected chi connectivity index (χ4v) is 1.15. The molecule has 4 nitrogen and oxygen atoms in total. The van der Waals surface area contributed by atoms with Gasteiger partial charge in [0.25, 0.3) is 10.1 Å². The average Bonchev–Trinajstić information content (AvgIpc) is 1.60. The maximum Gasteiger partial charge on any atom is 0.291 e. The normalized spacial score (nSPS) is 15.7. The summed E-state index contributed by atoms with van der Waals surface area (Å²) in [5.74, 6) is 0.0527. The maximum absolute atomic E-state index is 10.2. The molecule has 0 fully saturated rings. The van der Waals surface area contributed by atoms with Gasteiger partial charge in [-0.2, -0.15) is 8.42 Å². The van der Waals surface area contributed by atoms with Gasteiger partial charge in [-0.1, -0.05) is 13.8 Å². The molecule has 1 unspecified atom stereocenters. The first-order valence-electron chi connectivity index (χ1n) is 2.98. The molecule has 0 radical (unpaired) electrons. The van der Waals surface area contributed by atoms with Gasteiger partial charge < -0.3 is 5.11 Å². The zero-order valence-electron chi connectivity index (χ0n) is 5.98. The Bertz CT molecular complexity index is 182. The molecule has 0 spiro atoms. The van der Waals surface area contributed by atoms with Crippen molar-refractivity contribution in [2.45, 2.75) is 25.7 Å². The van der Waals surface area contributed by atoms with Crippen LogP contribution in [0.3, 0.4) is 0 Å². The lowest BCUT2D eigenvalue weighted by Crippen LogP contribution is -2.21. The summed E-state index contributed by atoms with van der Waals surface area (Å²) < 4.78 is 28.6. The number of aliphatic hydroxyl groups excluding tert-OH is 1. The van der Waals surface area contributed by atoms with Crippen LogP contribution < -0.4 is 0 Å². The van der Waals surface area contributed by atoms with Crippen LogP contribution in [0.5, 0.6) is 0 Å². The van der Waals surface area contributed by atoms with E-state index in [-0.39, 0.29) is 12.3 Å². The summed E-state index contributed by atoms with van der Waals surface area (Å²) in [5.41, 5.74) is -1.63. The molecule has 0 aromatic heterocycles. The van der Waals surface area contributed by atoms with Gasteiger partial charge in [0, 0.05) is 0 Å². The van der Waals surface area contributed by atoms with Crippen LogP contribution in [0.4, 0.5) is 0 Å². The molecule has 1 atom stereocenters. The van der Waals surface area contributed by atoms with E-state index >= 15 is 0 Å². The second-order valence-electron chi connectivity index (χ2n) is 2.60. The summed E-state index contributed by atoms with van der Waals surface area (Å²) in [4.78, 5) is 0. The van der Waals surface area contributed by atoms with Gasteiger partial charge in [-0.3, -0.25) is 4.55 Å². The first-order valence-corrected chi connectivity index (χ1v) is 4.48. The SMILES string of the molecule is CC(C)CC(O)S(=O)(=O)O. The van der Waals surface area contributed by atoms with Crippen molar-refractivity contribution in [1.82, 2.24) is 0 Å². The van der Waals surface area contributed by atoms with E-state index in [1.807, 2.05) is 0 Å². The molecular weight excluding hydrogens is 156 g/mol. The van der Waals surface area contributed by atoms with Gasteiger partial charge in [0.2, 0.25) is 0 Å². The molecule has 5 heteroatoms. The quantitative estimate of drug-likeness (QED) is 0.592. The highest BCUT2D eigenvalue weighted by molar-refractivity contribution is 7.86. The van der Waals surface area contributed by atoms with Crippen LogP contribution in [0.15, 0.2) is 0 Å². The topological polar surface area (TPSA) is 74.6 Å². The third-order valence-corrected chi connectivity index (χ3v) is 1.90. The van der Waals surface area contributed by atoms with Crippen molar-refractivity contribution in [3.8, 4) is 0 Å². The van der Waals surface area contributed by atoms with Gasteiger partial charge in [0.1, 0.15) is 0 Å². The Morgan fingerprint density at radius 2 is 1.80 bits per heavy atom. The zero-order chi connectivity index (χ0) is 8.36. The van der Waals surface area contributed by atoms with E-state index < -0.39 is 15.6 Å². The molecule has 0 bridgehead atoms. The lowest BCUT2D eigenvalue weighted by Gasteiger charge is -2.08. The summed E-state index contributed by atoms with van der Waals surface area (Å²) in [5, 5.41) is 8.72. The van der Waals surface area contributed by atoms with Crippen molar-refractivity contribution in [1.29, 1.82) is 0 Å². The second kappa shape index (κ2) is 3.32. The Morgan fingerprint density at radius 1 is 1.40 bits per heavy atom. The van der Waals surface area contributed by atoms with Gasteiger partial charge >= 0.3 is 0 Å². The fraction of sp³-hybridized carbons (Fsp3) is 1.00. The lowest BCUT2D eigenvalue weighted by atomic mass is 10.1. The molecule has 0 aliphatic rings. The van der Waals surface area contributed by atoms with Crippen LogP contribution in [-0.2, 0) is 10.1 Å². The molecule has 0 rings (SSSR count). The Balaban J connectivity index is 3.99. The van der Waals surface area contributed by atoms with Crippen LogP contribution in [0, 0.1) is 5.92 Å². The van der Waals surface area contributed by atoms with Crippen molar-refractivity contribution >= 4 is 10.1 Å². The highest BCUT2D eigenvalue weighted by Crippen LogP contribution is 2.08. The second-order valence-corrected chi connectivity index (χ2v) is 4.17. The van der Waals surface area contributed by atoms with Gasteiger partial charge in [0.05, 0.1) is 0 Å². The van der Waals surface area contributed by atoms with Crippen molar-refractivity contribution in [3.05, 3.63) is 0 Å². The summed E-state index contributed by atoms with van der Waals surface area (Å²) >= 11 is 0. The van der Waals surface area contributed by atoms with E-state index in [1.165, 1.54) is 0 Å². The van der Waals surface area contributed by atoms with Crippen LogP contribution >= 0.6 is 0 Å². The molecule has 0 aromatic carbocycles.